The lowest BCUT2D eigenvalue weighted by molar-refractivity contribution is 0.0601. The van der Waals surface area contributed by atoms with E-state index < -0.39 is 0 Å². The van der Waals surface area contributed by atoms with E-state index in [1.165, 1.54) is 12.6 Å². The van der Waals surface area contributed by atoms with Gasteiger partial charge in [0.05, 0.1) is 12.7 Å². The zero-order valence-electron chi connectivity index (χ0n) is 15.6. The van der Waals surface area contributed by atoms with Crippen molar-refractivity contribution >= 4 is 41.6 Å². The number of carbonyl (C=O) groups is 1. The van der Waals surface area contributed by atoms with E-state index in [-0.39, 0.29) is 5.97 Å². The predicted molar refractivity (Wildman–Crippen MR) is 114 cm³/mol. The molecule has 5 nitrogen and oxygen atoms in total. The van der Waals surface area contributed by atoms with Gasteiger partial charge in [-0.25, -0.2) is 4.79 Å². The molecule has 0 aliphatic rings. The number of ether oxygens (including phenoxy) is 1. The van der Waals surface area contributed by atoms with E-state index in [0.29, 0.717) is 11.4 Å². The molecule has 1 N–H and O–H groups in total. The number of methoxy groups -OCH3 is 1. The monoisotopic (exact) mass is 367 g/mol. The van der Waals surface area contributed by atoms with Crippen molar-refractivity contribution in [1.82, 2.24) is 10.2 Å². The van der Waals surface area contributed by atoms with Gasteiger partial charge in [0.15, 0.2) is 5.82 Å². The Kier molecular flexibility index (Phi) is 4.77. The summed E-state index contributed by atoms with van der Waals surface area (Å²) in [6.45, 7) is 0. The normalized spacial score (nSPS) is 10.6. The van der Waals surface area contributed by atoms with Crippen molar-refractivity contribution in [3.8, 4) is 11.3 Å². The molecule has 0 spiro atoms. The number of carbonyl (C=O) groups excluding carboxylic acids is 1. The average Bonchev–Trinajstić information content (AvgIpc) is 2.74. The lowest BCUT2D eigenvalue weighted by Crippen LogP contribution is -2.04. The Morgan fingerprint density at radius 2 is 1.68 bits per heavy atom. The van der Waals surface area contributed by atoms with Crippen LogP contribution in [0, 0.1) is 0 Å². The van der Waals surface area contributed by atoms with Gasteiger partial charge in [0.2, 0.25) is 0 Å². The molecule has 6 heteroatoms. The van der Waals surface area contributed by atoms with Gasteiger partial charge in [-0.1, -0.05) is 54.0 Å². The Bertz CT molecular complexity index is 1160. The number of esters is 1. The first-order chi connectivity index (χ1) is 13.7. The summed E-state index contributed by atoms with van der Waals surface area (Å²) in [5, 5.41) is 14.2. The van der Waals surface area contributed by atoms with Crippen molar-refractivity contribution in [2.45, 2.75) is 0 Å². The van der Waals surface area contributed by atoms with E-state index in [4.69, 9.17) is 4.74 Å². The average molecular weight is 367 g/mol. The first-order valence-electron chi connectivity index (χ1n) is 8.93. The van der Waals surface area contributed by atoms with Crippen molar-refractivity contribution in [2.75, 3.05) is 12.4 Å². The van der Waals surface area contributed by atoms with Crippen molar-refractivity contribution in [3.63, 3.8) is 0 Å². The molecule has 3 aromatic carbocycles. The first-order valence-corrected chi connectivity index (χ1v) is 8.93. The highest BCUT2D eigenvalue weighted by molar-refractivity contribution is 6.32. The van der Waals surface area contributed by atoms with Crippen LogP contribution in [-0.2, 0) is 4.74 Å². The second-order valence-corrected chi connectivity index (χ2v) is 6.51. The number of rotatable bonds is 4. The van der Waals surface area contributed by atoms with E-state index >= 15 is 0 Å². The predicted octanol–water partition coefficient (Wildman–Crippen LogP) is 3.09. The lowest BCUT2D eigenvalue weighted by atomic mass is 9.96. The summed E-state index contributed by atoms with van der Waals surface area (Å²) in [7, 11) is 3.42. The molecule has 0 bridgehead atoms. The molecule has 0 amide bonds. The molecule has 0 saturated heterocycles. The number of benzene rings is 3. The molecule has 28 heavy (non-hydrogen) atoms. The van der Waals surface area contributed by atoms with Gasteiger partial charge in [-0.15, -0.1) is 10.2 Å². The molecule has 0 unspecified atom stereocenters. The summed E-state index contributed by atoms with van der Waals surface area (Å²) in [5.41, 5.74) is 4.29. The summed E-state index contributed by atoms with van der Waals surface area (Å²) >= 11 is 0. The SMILES string of the molecule is Bc1cccc(Nc2nnc(-c3ccc(C(=O)OC)cc3)c3ccccc23)c1. The number of aromatic nitrogens is 2. The Hall–Kier alpha value is -3.67. The van der Waals surface area contributed by atoms with Gasteiger partial charge in [0.1, 0.15) is 13.5 Å². The summed E-state index contributed by atoms with van der Waals surface area (Å²) in [4.78, 5) is 11.7. The molecule has 0 fully saturated rings. The van der Waals surface area contributed by atoms with Crippen molar-refractivity contribution in [1.29, 1.82) is 0 Å². The number of anilines is 2. The highest BCUT2D eigenvalue weighted by Gasteiger charge is 2.12. The second kappa shape index (κ2) is 7.52. The molecule has 0 aliphatic heterocycles. The number of fused-ring (bicyclic) bond motifs is 1. The third-order valence-corrected chi connectivity index (χ3v) is 4.55. The number of hydrogen-bond donors (Lipinski definition) is 1. The molecule has 1 aromatic heterocycles. The minimum atomic E-state index is -0.361. The Morgan fingerprint density at radius 1 is 0.929 bits per heavy atom. The van der Waals surface area contributed by atoms with Crippen LogP contribution in [0.1, 0.15) is 10.4 Å². The van der Waals surface area contributed by atoms with Crippen LogP contribution >= 0.6 is 0 Å². The first kappa shape index (κ1) is 17.7. The minimum Gasteiger partial charge on any atom is -0.465 e. The fourth-order valence-corrected chi connectivity index (χ4v) is 3.15. The fraction of sp³-hybridized carbons (Fsp3) is 0.0455. The summed E-state index contributed by atoms with van der Waals surface area (Å²) in [6.07, 6.45) is 0. The molecule has 0 aliphatic carbocycles. The molecular weight excluding hydrogens is 349 g/mol. The molecule has 4 rings (SSSR count). The fourth-order valence-electron chi connectivity index (χ4n) is 3.15. The van der Waals surface area contributed by atoms with E-state index in [9.17, 15) is 4.79 Å². The molecular formula is C22H18BN3O2. The van der Waals surface area contributed by atoms with Gasteiger partial charge in [-0.05, 0) is 24.3 Å². The van der Waals surface area contributed by atoms with E-state index in [0.717, 1.165) is 27.7 Å². The second-order valence-electron chi connectivity index (χ2n) is 6.51. The Labute approximate surface area is 163 Å². The van der Waals surface area contributed by atoms with Crippen molar-refractivity contribution < 1.29 is 9.53 Å². The van der Waals surface area contributed by atoms with Crippen LogP contribution in [0.3, 0.4) is 0 Å². The van der Waals surface area contributed by atoms with Crippen LogP contribution < -0.4 is 10.8 Å². The summed E-state index contributed by atoms with van der Waals surface area (Å²) < 4.78 is 4.76. The van der Waals surface area contributed by atoms with Gasteiger partial charge in [-0.2, -0.15) is 0 Å². The van der Waals surface area contributed by atoms with Crippen LogP contribution in [0.2, 0.25) is 0 Å². The van der Waals surface area contributed by atoms with Crippen molar-refractivity contribution in [3.05, 3.63) is 78.4 Å². The highest BCUT2D eigenvalue weighted by Crippen LogP contribution is 2.31. The van der Waals surface area contributed by atoms with Crippen LogP contribution in [0.4, 0.5) is 11.5 Å². The van der Waals surface area contributed by atoms with Gasteiger partial charge >= 0.3 is 5.97 Å². The maximum absolute atomic E-state index is 11.7. The van der Waals surface area contributed by atoms with Gasteiger partial charge in [0.25, 0.3) is 0 Å². The quantitative estimate of drug-likeness (QED) is 0.444. The largest absolute Gasteiger partial charge is 0.465 e. The maximum atomic E-state index is 11.7. The zero-order valence-corrected chi connectivity index (χ0v) is 15.6. The Morgan fingerprint density at radius 3 is 2.39 bits per heavy atom. The van der Waals surface area contributed by atoms with Crippen LogP contribution in [-0.4, -0.2) is 31.1 Å². The maximum Gasteiger partial charge on any atom is 0.337 e. The number of hydrogen-bond acceptors (Lipinski definition) is 5. The van der Waals surface area contributed by atoms with Crippen LogP contribution in [0.25, 0.3) is 22.0 Å². The zero-order chi connectivity index (χ0) is 19.5. The van der Waals surface area contributed by atoms with E-state index in [1.807, 2.05) is 48.5 Å². The topological polar surface area (TPSA) is 64.1 Å². The van der Waals surface area contributed by atoms with E-state index in [1.54, 1.807) is 12.1 Å². The van der Waals surface area contributed by atoms with Crippen LogP contribution in [0.5, 0.6) is 0 Å². The smallest absolute Gasteiger partial charge is 0.337 e. The molecule has 0 atom stereocenters. The third-order valence-electron chi connectivity index (χ3n) is 4.55. The molecule has 0 saturated carbocycles. The van der Waals surface area contributed by atoms with Crippen LogP contribution in [0.15, 0.2) is 72.8 Å². The third kappa shape index (κ3) is 3.44. The Balaban J connectivity index is 1.76. The van der Waals surface area contributed by atoms with Gasteiger partial charge < -0.3 is 10.1 Å². The lowest BCUT2D eigenvalue weighted by Gasteiger charge is -2.12. The molecule has 4 aromatic rings. The van der Waals surface area contributed by atoms with E-state index in [2.05, 4.69) is 35.5 Å². The molecule has 136 valence electrons. The van der Waals surface area contributed by atoms with Crippen molar-refractivity contribution in [2.24, 2.45) is 0 Å². The number of nitrogens with one attached hydrogen (secondary N) is 1. The highest BCUT2D eigenvalue weighted by atomic mass is 16.5. The molecule has 1 heterocycles. The summed E-state index contributed by atoms with van der Waals surface area (Å²) in [5.74, 6) is 0.344. The number of nitrogens with zero attached hydrogens (tertiary/aromatic N) is 2. The molecule has 0 radical (unpaired) electrons. The van der Waals surface area contributed by atoms with Gasteiger partial charge in [0, 0.05) is 22.0 Å². The standard InChI is InChI=1S/C22H18BN3O2/c1-28-22(27)15-11-9-14(10-12-15)20-18-7-2-3-8-19(18)21(26-25-20)24-17-6-4-5-16(23)13-17/h2-13H,23H2,1H3,(H,24,26). The van der Waals surface area contributed by atoms with Gasteiger partial charge in [-0.3, -0.25) is 0 Å². The minimum absolute atomic E-state index is 0.361. The summed E-state index contributed by atoms with van der Waals surface area (Å²) in [6, 6.07) is 23.3.